The third-order valence-electron chi connectivity index (χ3n) is 6.40. The second kappa shape index (κ2) is 12.5. The van der Waals surface area contributed by atoms with E-state index < -0.39 is 5.97 Å². The lowest BCUT2D eigenvalue weighted by Gasteiger charge is -2.13. The molecule has 0 amide bonds. The van der Waals surface area contributed by atoms with Gasteiger partial charge in [-0.25, -0.2) is 4.79 Å². The van der Waals surface area contributed by atoms with Gasteiger partial charge in [0.1, 0.15) is 5.76 Å². The first kappa shape index (κ1) is 28.3. The van der Waals surface area contributed by atoms with Gasteiger partial charge in [0.25, 0.3) is 6.01 Å². The first-order valence-electron chi connectivity index (χ1n) is 12.9. The molecule has 42 heavy (non-hydrogen) atoms. The zero-order valence-electron chi connectivity index (χ0n) is 22.7. The third kappa shape index (κ3) is 5.93. The van der Waals surface area contributed by atoms with Crippen molar-refractivity contribution in [3.05, 3.63) is 99.8 Å². The Kier molecular flexibility index (Phi) is 8.44. The Morgan fingerprint density at radius 1 is 1.07 bits per heavy atom. The van der Waals surface area contributed by atoms with Crippen LogP contribution in [0.15, 0.2) is 80.7 Å². The maximum Gasteiger partial charge on any atom is 0.363 e. The summed E-state index contributed by atoms with van der Waals surface area (Å²) in [6.07, 6.45) is 0. The van der Waals surface area contributed by atoms with Gasteiger partial charge in [-0.15, -0.1) is 0 Å². The number of hydrogen-bond donors (Lipinski definition) is 1. The number of carbonyl (C=O) groups is 2. The lowest BCUT2D eigenvalue weighted by atomic mass is 9.98. The van der Waals surface area contributed by atoms with E-state index in [9.17, 15) is 9.59 Å². The van der Waals surface area contributed by atoms with Crippen molar-refractivity contribution >= 4 is 41.5 Å². The second-order valence-corrected chi connectivity index (χ2v) is 9.35. The van der Waals surface area contributed by atoms with Gasteiger partial charge in [0.2, 0.25) is 0 Å². The Hall–Kier alpha value is -5.23. The van der Waals surface area contributed by atoms with Crippen molar-refractivity contribution in [2.45, 2.75) is 27.0 Å². The highest BCUT2D eigenvalue weighted by molar-refractivity contribution is 7.71. The summed E-state index contributed by atoms with van der Waals surface area (Å²) in [6, 6.07) is 20.8. The number of oxime groups is 1. The number of imidazole rings is 1. The van der Waals surface area contributed by atoms with Gasteiger partial charge >= 0.3 is 17.3 Å². The maximum atomic E-state index is 13.2. The van der Waals surface area contributed by atoms with Crippen LogP contribution < -0.4 is 10.5 Å². The van der Waals surface area contributed by atoms with Gasteiger partial charge in [0.15, 0.2) is 18.2 Å². The highest BCUT2D eigenvalue weighted by atomic mass is 32.1. The minimum atomic E-state index is -0.559. The standard InChI is InChI=1S/C30H26N4O7S/c1-3-37-29-32-24-10-6-9-23(28(36)38-16-25-18(2)40-30(42)41-25)26(24)34(29)15-19-11-13-20(14-12-19)21-7-4-5-8-22(21)27(31)33-39-17-35/h4-14,17H,3,15-16H2,1-2H3,(H2,31,33). The number of aryl methyl sites for hydroxylation is 1. The molecule has 12 heteroatoms. The van der Waals surface area contributed by atoms with Crippen LogP contribution in [0.1, 0.15) is 39.9 Å². The normalized spacial score (nSPS) is 11.4. The van der Waals surface area contributed by atoms with E-state index in [0.29, 0.717) is 52.8 Å². The number of amidine groups is 1. The number of nitrogens with two attached hydrogens (primary N) is 1. The molecule has 0 unspecified atom stereocenters. The SMILES string of the molecule is CCOc1nc2cccc(C(=O)OCc3oc(=S)oc3C)c2n1Cc1ccc(-c2ccccc2/C(N)=N/OC=O)cc1. The summed E-state index contributed by atoms with van der Waals surface area (Å²) in [5.41, 5.74) is 10.8. The number of carbonyl (C=O) groups excluding carboxylic acids is 2. The molecule has 5 rings (SSSR count). The van der Waals surface area contributed by atoms with Gasteiger partial charge in [0, 0.05) is 17.8 Å². The molecule has 0 spiro atoms. The van der Waals surface area contributed by atoms with E-state index in [-0.39, 0.29) is 23.8 Å². The summed E-state index contributed by atoms with van der Waals surface area (Å²) in [5.74, 6) is 0.310. The van der Waals surface area contributed by atoms with Crippen molar-refractivity contribution in [2.24, 2.45) is 10.9 Å². The minimum Gasteiger partial charge on any atom is -0.465 e. The van der Waals surface area contributed by atoms with Crippen LogP contribution >= 0.6 is 12.2 Å². The van der Waals surface area contributed by atoms with Gasteiger partial charge < -0.3 is 28.9 Å². The molecule has 0 saturated heterocycles. The van der Waals surface area contributed by atoms with Crippen LogP contribution in [0.3, 0.4) is 0 Å². The molecule has 0 aliphatic heterocycles. The molecule has 3 aromatic carbocycles. The van der Waals surface area contributed by atoms with E-state index in [4.69, 9.17) is 36.3 Å². The van der Waals surface area contributed by atoms with E-state index >= 15 is 0 Å². The van der Waals surface area contributed by atoms with Crippen LogP contribution in [-0.2, 0) is 27.5 Å². The number of hydrogen-bond acceptors (Lipinski definition) is 10. The molecule has 0 radical (unpaired) electrons. The van der Waals surface area contributed by atoms with E-state index in [1.54, 1.807) is 25.1 Å². The quantitative estimate of drug-likeness (QED) is 0.0399. The average molecular weight is 587 g/mol. The molecule has 2 heterocycles. The van der Waals surface area contributed by atoms with Crippen LogP contribution in [0.5, 0.6) is 6.01 Å². The molecular formula is C30H26N4O7S. The Labute approximate surface area is 245 Å². The second-order valence-electron chi connectivity index (χ2n) is 9.02. The predicted molar refractivity (Wildman–Crippen MR) is 155 cm³/mol. The van der Waals surface area contributed by atoms with E-state index in [1.165, 1.54) is 0 Å². The summed E-state index contributed by atoms with van der Waals surface area (Å²) in [6.45, 7) is 4.38. The zero-order valence-corrected chi connectivity index (χ0v) is 23.6. The van der Waals surface area contributed by atoms with Crippen LogP contribution in [0.4, 0.5) is 0 Å². The van der Waals surface area contributed by atoms with Gasteiger partial charge in [0.05, 0.1) is 29.7 Å². The number of benzene rings is 3. The fourth-order valence-electron chi connectivity index (χ4n) is 4.49. The number of para-hydroxylation sites is 1. The number of nitrogens with zero attached hydrogens (tertiary/aromatic N) is 3. The van der Waals surface area contributed by atoms with E-state index in [0.717, 1.165) is 16.7 Å². The monoisotopic (exact) mass is 586 g/mol. The Morgan fingerprint density at radius 2 is 1.83 bits per heavy atom. The molecule has 0 aliphatic rings. The smallest absolute Gasteiger partial charge is 0.363 e. The minimum absolute atomic E-state index is 0.0295. The summed E-state index contributed by atoms with van der Waals surface area (Å²) in [4.78, 5) is 32.8. The van der Waals surface area contributed by atoms with Gasteiger partial charge in [-0.3, -0.25) is 9.36 Å². The van der Waals surface area contributed by atoms with Crippen molar-refractivity contribution < 1.29 is 32.7 Å². The number of rotatable bonds is 11. The van der Waals surface area contributed by atoms with E-state index in [2.05, 4.69) is 15.0 Å². The first-order valence-corrected chi connectivity index (χ1v) is 13.3. The van der Waals surface area contributed by atoms with Gasteiger partial charge in [-0.1, -0.05) is 59.8 Å². The highest BCUT2D eigenvalue weighted by Gasteiger charge is 2.21. The van der Waals surface area contributed by atoms with Crippen molar-refractivity contribution in [3.63, 3.8) is 0 Å². The van der Waals surface area contributed by atoms with E-state index in [1.807, 2.05) is 60.0 Å². The molecular weight excluding hydrogens is 560 g/mol. The van der Waals surface area contributed by atoms with Gasteiger partial charge in [-0.05, 0) is 42.7 Å². The fraction of sp³-hybridized carbons (Fsp3) is 0.167. The molecule has 0 bridgehead atoms. The van der Waals surface area contributed by atoms with Crippen molar-refractivity contribution in [3.8, 4) is 17.1 Å². The molecule has 0 aliphatic carbocycles. The van der Waals surface area contributed by atoms with Crippen LogP contribution in [0.2, 0.25) is 0 Å². The number of aromatic nitrogens is 2. The topological polar surface area (TPSA) is 144 Å². The molecule has 2 aromatic heterocycles. The van der Waals surface area contributed by atoms with Crippen LogP contribution in [0.25, 0.3) is 22.2 Å². The Bertz CT molecular complexity index is 1840. The largest absolute Gasteiger partial charge is 0.465 e. The summed E-state index contributed by atoms with van der Waals surface area (Å²) in [5, 5.41) is 3.63. The fourth-order valence-corrected chi connectivity index (χ4v) is 4.71. The maximum absolute atomic E-state index is 13.2. The number of esters is 1. The third-order valence-corrected chi connectivity index (χ3v) is 6.56. The first-order chi connectivity index (χ1) is 20.4. The summed E-state index contributed by atoms with van der Waals surface area (Å²) < 4.78 is 23.7. The zero-order chi connectivity index (χ0) is 29.6. The molecule has 0 atom stereocenters. The van der Waals surface area contributed by atoms with Crippen LogP contribution in [0, 0.1) is 11.8 Å². The lowest BCUT2D eigenvalue weighted by Crippen LogP contribution is -2.15. The molecule has 0 saturated carbocycles. The summed E-state index contributed by atoms with van der Waals surface area (Å²) >= 11 is 4.91. The molecule has 5 aromatic rings. The average Bonchev–Trinajstić information content (AvgIpc) is 3.52. The van der Waals surface area contributed by atoms with Crippen molar-refractivity contribution in [2.75, 3.05) is 6.61 Å². The lowest BCUT2D eigenvalue weighted by molar-refractivity contribution is -0.128. The van der Waals surface area contributed by atoms with Gasteiger partial charge in [-0.2, -0.15) is 4.98 Å². The Balaban J connectivity index is 1.46. The number of ether oxygens (including phenoxy) is 2. The van der Waals surface area contributed by atoms with Crippen molar-refractivity contribution in [1.82, 2.24) is 9.55 Å². The predicted octanol–water partition coefficient (Wildman–Crippen LogP) is 5.52. The Morgan fingerprint density at radius 3 is 2.55 bits per heavy atom. The van der Waals surface area contributed by atoms with Crippen LogP contribution in [-0.4, -0.2) is 34.4 Å². The molecule has 0 fully saturated rings. The van der Waals surface area contributed by atoms with Crippen molar-refractivity contribution in [1.29, 1.82) is 0 Å². The molecule has 2 N–H and O–H groups in total. The summed E-state index contributed by atoms with van der Waals surface area (Å²) in [7, 11) is 0. The molecule has 214 valence electrons. The number of fused-ring (bicyclic) bond motifs is 1. The molecule has 11 nitrogen and oxygen atoms in total. The highest BCUT2D eigenvalue weighted by Crippen LogP contribution is 2.29.